The Bertz CT molecular complexity index is 331. The van der Waals surface area contributed by atoms with Crippen LogP contribution in [-0.2, 0) is 6.42 Å². The molecule has 1 aliphatic heterocycles. The number of hydrogen-bond acceptors (Lipinski definition) is 4. The van der Waals surface area contributed by atoms with Crippen molar-refractivity contribution in [1.82, 2.24) is 4.98 Å². The van der Waals surface area contributed by atoms with Crippen LogP contribution in [0, 0.1) is 6.92 Å². The predicted molar refractivity (Wildman–Crippen MR) is 66.7 cm³/mol. The molecule has 0 aromatic carbocycles. The molecule has 1 saturated heterocycles. The van der Waals surface area contributed by atoms with Crippen molar-refractivity contribution in [3.63, 3.8) is 0 Å². The second-order valence-corrected chi connectivity index (χ2v) is 7.03. The molecule has 1 aromatic heterocycles. The Balaban J connectivity index is 1.99. The number of aryl methyl sites for hydroxylation is 1. The van der Waals surface area contributed by atoms with Crippen molar-refractivity contribution in [3.8, 4) is 0 Å². The summed E-state index contributed by atoms with van der Waals surface area (Å²) in [5.41, 5.74) is 1.04. The van der Waals surface area contributed by atoms with Gasteiger partial charge in [0.15, 0.2) is 0 Å². The zero-order valence-electron chi connectivity index (χ0n) is 9.19. The zero-order chi connectivity index (χ0) is 10.9. The summed E-state index contributed by atoms with van der Waals surface area (Å²) in [7, 11) is 0. The highest BCUT2D eigenvalue weighted by molar-refractivity contribution is 8.00. The molecule has 1 N–H and O–H groups in total. The lowest BCUT2D eigenvalue weighted by atomic mass is 9.95. The van der Waals surface area contributed by atoms with E-state index in [0.29, 0.717) is 6.42 Å². The Morgan fingerprint density at radius 3 is 3.00 bits per heavy atom. The number of aliphatic hydroxyl groups is 1. The van der Waals surface area contributed by atoms with E-state index < -0.39 is 0 Å². The highest BCUT2D eigenvalue weighted by atomic mass is 32.2. The highest BCUT2D eigenvalue weighted by Crippen LogP contribution is 2.41. The van der Waals surface area contributed by atoms with Crippen LogP contribution in [0.2, 0.25) is 0 Å². The Morgan fingerprint density at radius 1 is 1.67 bits per heavy atom. The third kappa shape index (κ3) is 2.55. The van der Waals surface area contributed by atoms with Gasteiger partial charge >= 0.3 is 0 Å². The Morgan fingerprint density at radius 2 is 2.47 bits per heavy atom. The molecule has 1 aromatic rings. The zero-order valence-corrected chi connectivity index (χ0v) is 10.8. The van der Waals surface area contributed by atoms with Crippen LogP contribution in [0.15, 0.2) is 5.38 Å². The van der Waals surface area contributed by atoms with Crippen LogP contribution in [0.1, 0.15) is 30.5 Å². The fraction of sp³-hybridized carbons (Fsp3) is 0.727. The molecule has 2 heterocycles. The number of rotatable bonds is 3. The first-order chi connectivity index (χ1) is 7.10. The van der Waals surface area contributed by atoms with E-state index in [1.165, 1.54) is 12.2 Å². The summed E-state index contributed by atoms with van der Waals surface area (Å²) in [6, 6.07) is 0. The van der Waals surface area contributed by atoms with Crippen LogP contribution in [0.25, 0.3) is 0 Å². The summed E-state index contributed by atoms with van der Waals surface area (Å²) in [5.74, 6) is 1.18. The van der Waals surface area contributed by atoms with Gasteiger partial charge in [0.2, 0.25) is 0 Å². The van der Waals surface area contributed by atoms with Gasteiger partial charge in [-0.2, -0.15) is 11.8 Å². The molecule has 15 heavy (non-hydrogen) atoms. The summed E-state index contributed by atoms with van der Waals surface area (Å²) >= 11 is 3.56. The van der Waals surface area contributed by atoms with Crippen LogP contribution < -0.4 is 0 Å². The maximum absolute atomic E-state index is 10.2. The van der Waals surface area contributed by atoms with E-state index in [1.807, 2.05) is 18.7 Å². The second-order valence-electron chi connectivity index (χ2n) is 4.34. The van der Waals surface area contributed by atoms with Crippen LogP contribution in [-0.4, -0.2) is 26.7 Å². The molecule has 2 atom stereocenters. The van der Waals surface area contributed by atoms with E-state index in [9.17, 15) is 5.11 Å². The number of nitrogens with zero attached hydrogens (tertiary/aromatic N) is 1. The lowest BCUT2D eigenvalue weighted by Gasteiger charge is -2.28. The molecule has 1 fully saturated rings. The summed E-state index contributed by atoms with van der Waals surface area (Å²) < 4.78 is 0.0531. The minimum absolute atomic E-state index is 0.0531. The summed E-state index contributed by atoms with van der Waals surface area (Å²) in [4.78, 5) is 4.40. The van der Waals surface area contributed by atoms with Crippen molar-refractivity contribution < 1.29 is 5.11 Å². The van der Waals surface area contributed by atoms with Gasteiger partial charge in [0.05, 0.1) is 16.8 Å². The van der Waals surface area contributed by atoms with Crippen LogP contribution in [0.3, 0.4) is 0 Å². The standard InChI is InChI=1S/C11H17NOS2/c1-8-12-9(7-14-8)6-10(13)11(2)4-3-5-15-11/h7,10,13H,3-6H2,1-2H3. The first-order valence-electron chi connectivity index (χ1n) is 5.33. The molecule has 2 rings (SSSR count). The average molecular weight is 243 g/mol. The third-order valence-electron chi connectivity index (χ3n) is 3.02. The molecule has 0 radical (unpaired) electrons. The van der Waals surface area contributed by atoms with E-state index >= 15 is 0 Å². The van der Waals surface area contributed by atoms with E-state index in [4.69, 9.17) is 0 Å². The van der Waals surface area contributed by atoms with E-state index in [0.717, 1.165) is 17.1 Å². The normalized spacial score (nSPS) is 28.2. The van der Waals surface area contributed by atoms with Crippen LogP contribution in [0.4, 0.5) is 0 Å². The van der Waals surface area contributed by atoms with Gasteiger partial charge in [-0.05, 0) is 32.4 Å². The van der Waals surface area contributed by atoms with Gasteiger partial charge in [-0.1, -0.05) is 0 Å². The monoisotopic (exact) mass is 243 g/mol. The van der Waals surface area contributed by atoms with Gasteiger partial charge in [-0.25, -0.2) is 4.98 Å². The van der Waals surface area contributed by atoms with Gasteiger partial charge in [0, 0.05) is 16.5 Å². The van der Waals surface area contributed by atoms with Gasteiger partial charge < -0.3 is 5.11 Å². The molecule has 2 nitrogen and oxygen atoms in total. The third-order valence-corrected chi connectivity index (χ3v) is 5.47. The van der Waals surface area contributed by atoms with Gasteiger partial charge in [-0.15, -0.1) is 11.3 Å². The Labute approximate surface area is 99.1 Å². The molecule has 0 amide bonds. The summed E-state index contributed by atoms with van der Waals surface area (Å²) in [5, 5.41) is 13.4. The summed E-state index contributed by atoms with van der Waals surface area (Å²) in [6.45, 7) is 4.18. The molecule has 2 unspecified atom stereocenters. The smallest absolute Gasteiger partial charge is 0.0897 e. The van der Waals surface area contributed by atoms with Crippen LogP contribution in [0.5, 0.6) is 0 Å². The van der Waals surface area contributed by atoms with E-state index in [2.05, 4.69) is 17.3 Å². The SMILES string of the molecule is Cc1nc(CC(O)C2(C)CCCS2)cs1. The Kier molecular flexibility index (Phi) is 3.38. The van der Waals surface area contributed by atoms with Crippen molar-refractivity contribution in [2.45, 2.75) is 44.0 Å². The molecule has 4 heteroatoms. The largest absolute Gasteiger partial charge is 0.391 e. The lowest BCUT2D eigenvalue weighted by Crippen LogP contribution is -2.35. The molecular weight excluding hydrogens is 226 g/mol. The molecular formula is C11H17NOS2. The number of aliphatic hydroxyl groups excluding tert-OH is 1. The summed E-state index contributed by atoms with van der Waals surface area (Å²) in [6.07, 6.45) is 2.80. The molecule has 0 aliphatic carbocycles. The van der Waals surface area contributed by atoms with Crippen molar-refractivity contribution >= 4 is 23.1 Å². The molecule has 0 bridgehead atoms. The highest BCUT2D eigenvalue weighted by Gasteiger charge is 2.36. The lowest BCUT2D eigenvalue weighted by molar-refractivity contribution is 0.132. The van der Waals surface area contributed by atoms with Crippen molar-refractivity contribution in [2.75, 3.05) is 5.75 Å². The van der Waals surface area contributed by atoms with Crippen molar-refractivity contribution in [1.29, 1.82) is 0 Å². The molecule has 0 spiro atoms. The molecule has 84 valence electrons. The van der Waals surface area contributed by atoms with Gasteiger partial charge in [0.1, 0.15) is 0 Å². The number of thioether (sulfide) groups is 1. The van der Waals surface area contributed by atoms with Gasteiger partial charge in [0.25, 0.3) is 0 Å². The minimum Gasteiger partial charge on any atom is -0.391 e. The molecule has 1 aliphatic rings. The fourth-order valence-corrected chi connectivity index (χ4v) is 3.92. The van der Waals surface area contributed by atoms with Crippen molar-refractivity contribution in [2.24, 2.45) is 0 Å². The Hall–Kier alpha value is -0.0600. The van der Waals surface area contributed by atoms with Gasteiger partial charge in [-0.3, -0.25) is 0 Å². The predicted octanol–water partition coefficient (Wildman–Crippen LogP) is 2.64. The first kappa shape index (κ1) is 11.4. The number of hydrogen-bond donors (Lipinski definition) is 1. The maximum atomic E-state index is 10.2. The van der Waals surface area contributed by atoms with E-state index in [1.54, 1.807) is 11.3 Å². The van der Waals surface area contributed by atoms with Crippen LogP contribution >= 0.6 is 23.1 Å². The minimum atomic E-state index is -0.258. The quantitative estimate of drug-likeness (QED) is 0.886. The average Bonchev–Trinajstić information content (AvgIpc) is 2.76. The van der Waals surface area contributed by atoms with E-state index in [-0.39, 0.29) is 10.9 Å². The second kappa shape index (κ2) is 4.44. The maximum Gasteiger partial charge on any atom is 0.0897 e. The van der Waals surface area contributed by atoms with Crippen molar-refractivity contribution in [3.05, 3.63) is 16.1 Å². The fourth-order valence-electron chi connectivity index (χ4n) is 1.98. The number of thiazole rings is 1. The molecule has 0 saturated carbocycles. The first-order valence-corrected chi connectivity index (χ1v) is 7.20. The topological polar surface area (TPSA) is 33.1 Å². The number of aromatic nitrogens is 1.